The van der Waals surface area contributed by atoms with Crippen molar-refractivity contribution in [3.63, 3.8) is 0 Å². The van der Waals surface area contributed by atoms with E-state index in [9.17, 15) is 0 Å². The van der Waals surface area contributed by atoms with Gasteiger partial charge in [-0.2, -0.15) is 4.98 Å². The van der Waals surface area contributed by atoms with Crippen molar-refractivity contribution in [2.24, 2.45) is 5.73 Å². The Labute approximate surface area is 103 Å². The lowest BCUT2D eigenvalue weighted by Gasteiger charge is -2.34. The predicted octanol–water partition coefficient (Wildman–Crippen LogP) is 2.56. The van der Waals surface area contributed by atoms with Crippen molar-refractivity contribution in [2.45, 2.75) is 24.8 Å². The highest BCUT2D eigenvalue weighted by molar-refractivity contribution is 7.13. The number of thiophene rings is 1. The van der Waals surface area contributed by atoms with Crippen LogP contribution in [0.15, 0.2) is 22.0 Å². The van der Waals surface area contributed by atoms with E-state index < -0.39 is 0 Å². The summed E-state index contributed by atoms with van der Waals surface area (Å²) in [7, 11) is 0. The molecule has 0 aliphatic heterocycles. The summed E-state index contributed by atoms with van der Waals surface area (Å²) < 4.78 is 5.20. The molecule has 1 saturated carbocycles. The lowest BCUT2D eigenvalue weighted by atomic mass is 9.77. The third-order valence-corrected chi connectivity index (χ3v) is 3.71. The van der Waals surface area contributed by atoms with Gasteiger partial charge in [-0.15, -0.1) is 23.7 Å². The quantitative estimate of drug-likeness (QED) is 0.898. The molecule has 0 spiro atoms. The van der Waals surface area contributed by atoms with Crippen molar-refractivity contribution in [1.82, 2.24) is 10.1 Å². The molecule has 2 aromatic rings. The first-order valence-electron chi connectivity index (χ1n) is 4.95. The average molecular weight is 258 g/mol. The molecule has 3 rings (SSSR count). The van der Waals surface area contributed by atoms with Gasteiger partial charge >= 0.3 is 0 Å². The second-order valence-electron chi connectivity index (χ2n) is 3.91. The van der Waals surface area contributed by atoms with Crippen molar-refractivity contribution < 1.29 is 4.52 Å². The summed E-state index contributed by atoms with van der Waals surface area (Å²) in [6.45, 7) is 0. The Bertz CT molecular complexity index is 464. The summed E-state index contributed by atoms with van der Waals surface area (Å²) in [5.41, 5.74) is 5.77. The monoisotopic (exact) mass is 257 g/mol. The average Bonchev–Trinajstić information content (AvgIpc) is 2.84. The van der Waals surface area contributed by atoms with Gasteiger partial charge < -0.3 is 10.3 Å². The SMILES string of the molecule is Cl.NC1(c2noc(-c3cccs3)n2)CCC1. The van der Waals surface area contributed by atoms with Gasteiger partial charge in [0.15, 0.2) is 5.82 Å². The number of nitrogens with zero attached hydrogens (tertiary/aromatic N) is 2. The van der Waals surface area contributed by atoms with Gasteiger partial charge in [0.1, 0.15) is 0 Å². The highest BCUT2D eigenvalue weighted by Crippen LogP contribution is 2.37. The smallest absolute Gasteiger partial charge is 0.268 e. The Kier molecular flexibility index (Phi) is 3.01. The molecule has 0 atom stereocenters. The second-order valence-corrected chi connectivity index (χ2v) is 4.86. The molecule has 0 aromatic carbocycles. The van der Waals surface area contributed by atoms with E-state index in [-0.39, 0.29) is 17.9 Å². The maximum absolute atomic E-state index is 6.11. The fourth-order valence-corrected chi connectivity index (χ4v) is 2.35. The molecule has 0 bridgehead atoms. The van der Waals surface area contributed by atoms with Crippen molar-refractivity contribution >= 4 is 23.7 Å². The van der Waals surface area contributed by atoms with E-state index in [0.29, 0.717) is 11.7 Å². The maximum atomic E-state index is 6.11. The van der Waals surface area contributed by atoms with Gasteiger partial charge in [0.05, 0.1) is 10.4 Å². The molecule has 0 saturated heterocycles. The van der Waals surface area contributed by atoms with Crippen LogP contribution in [0.2, 0.25) is 0 Å². The van der Waals surface area contributed by atoms with Crippen LogP contribution in [0.1, 0.15) is 25.1 Å². The van der Waals surface area contributed by atoms with E-state index in [0.717, 1.165) is 24.1 Å². The number of nitrogens with two attached hydrogens (primary N) is 1. The largest absolute Gasteiger partial charge is 0.333 e. The van der Waals surface area contributed by atoms with Gasteiger partial charge in [-0.05, 0) is 30.7 Å². The van der Waals surface area contributed by atoms with Crippen LogP contribution >= 0.6 is 23.7 Å². The Hall–Kier alpha value is -0.910. The zero-order valence-corrected chi connectivity index (χ0v) is 10.2. The number of halogens is 1. The minimum absolute atomic E-state index is 0. The van der Waals surface area contributed by atoms with Gasteiger partial charge in [-0.25, -0.2) is 0 Å². The maximum Gasteiger partial charge on any atom is 0.268 e. The highest BCUT2D eigenvalue weighted by atomic mass is 35.5. The highest BCUT2D eigenvalue weighted by Gasteiger charge is 2.39. The van der Waals surface area contributed by atoms with Crippen molar-refractivity contribution in [1.29, 1.82) is 0 Å². The van der Waals surface area contributed by atoms with Crippen LogP contribution in [0.5, 0.6) is 0 Å². The molecular formula is C10H12ClN3OS. The van der Waals surface area contributed by atoms with Crippen molar-refractivity contribution in [3.05, 3.63) is 23.3 Å². The summed E-state index contributed by atoms with van der Waals surface area (Å²) in [6.07, 6.45) is 3.06. The van der Waals surface area contributed by atoms with Crippen LogP contribution in [-0.2, 0) is 5.54 Å². The van der Waals surface area contributed by atoms with Crippen molar-refractivity contribution in [2.75, 3.05) is 0 Å². The lowest BCUT2D eigenvalue weighted by Crippen LogP contribution is -2.44. The van der Waals surface area contributed by atoms with Gasteiger partial charge in [0, 0.05) is 0 Å². The molecule has 1 aliphatic rings. The third-order valence-electron chi connectivity index (χ3n) is 2.85. The lowest BCUT2D eigenvalue weighted by molar-refractivity contribution is 0.229. The summed E-state index contributed by atoms with van der Waals surface area (Å²) in [6, 6.07) is 3.93. The molecule has 2 aromatic heterocycles. The van der Waals surface area contributed by atoms with Crippen LogP contribution in [0.25, 0.3) is 10.8 Å². The molecule has 16 heavy (non-hydrogen) atoms. The molecule has 1 aliphatic carbocycles. The molecule has 0 radical (unpaired) electrons. The Morgan fingerprint density at radius 1 is 1.44 bits per heavy atom. The van der Waals surface area contributed by atoms with Gasteiger partial charge in [0.25, 0.3) is 5.89 Å². The summed E-state index contributed by atoms with van der Waals surface area (Å²) in [5, 5.41) is 5.95. The van der Waals surface area contributed by atoms with E-state index in [4.69, 9.17) is 10.3 Å². The van der Waals surface area contributed by atoms with Crippen LogP contribution in [-0.4, -0.2) is 10.1 Å². The van der Waals surface area contributed by atoms with E-state index >= 15 is 0 Å². The molecule has 4 nitrogen and oxygen atoms in total. The topological polar surface area (TPSA) is 64.9 Å². The fourth-order valence-electron chi connectivity index (χ4n) is 1.71. The number of hydrogen-bond donors (Lipinski definition) is 1. The molecule has 6 heteroatoms. The van der Waals surface area contributed by atoms with Crippen LogP contribution in [0.4, 0.5) is 0 Å². The molecule has 0 amide bonds. The molecular weight excluding hydrogens is 246 g/mol. The third kappa shape index (κ3) is 1.75. The first kappa shape index (κ1) is 11.6. The summed E-state index contributed by atoms with van der Waals surface area (Å²) in [5.74, 6) is 1.23. The Morgan fingerprint density at radius 2 is 2.25 bits per heavy atom. The standard InChI is InChI=1S/C10H11N3OS.ClH/c11-10(4-2-5-10)9-12-8(14-13-9)7-3-1-6-15-7;/h1,3,6H,2,4-5,11H2;1H. The van der Waals surface area contributed by atoms with Crippen LogP contribution in [0, 0.1) is 0 Å². The summed E-state index contributed by atoms with van der Waals surface area (Å²) in [4.78, 5) is 5.35. The van der Waals surface area contributed by atoms with Gasteiger partial charge in [-0.1, -0.05) is 11.2 Å². The molecule has 86 valence electrons. The summed E-state index contributed by atoms with van der Waals surface area (Å²) >= 11 is 1.59. The number of aromatic nitrogens is 2. The minimum Gasteiger partial charge on any atom is -0.333 e. The molecule has 2 N–H and O–H groups in total. The second kappa shape index (κ2) is 4.16. The van der Waals surface area contributed by atoms with E-state index in [1.807, 2.05) is 17.5 Å². The Morgan fingerprint density at radius 3 is 2.81 bits per heavy atom. The predicted molar refractivity (Wildman–Crippen MR) is 64.6 cm³/mol. The number of rotatable bonds is 2. The minimum atomic E-state index is -0.334. The number of hydrogen-bond acceptors (Lipinski definition) is 5. The molecule has 1 fully saturated rings. The normalized spacial score (nSPS) is 17.6. The van der Waals surface area contributed by atoms with E-state index in [1.54, 1.807) is 11.3 Å². The van der Waals surface area contributed by atoms with E-state index in [1.165, 1.54) is 0 Å². The molecule has 0 unspecified atom stereocenters. The first-order chi connectivity index (χ1) is 7.28. The Balaban J connectivity index is 0.000000963. The zero-order valence-electron chi connectivity index (χ0n) is 8.55. The van der Waals surface area contributed by atoms with E-state index in [2.05, 4.69) is 10.1 Å². The first-order valence-corrected chi connectivity index (χ1v) is 5.83. The molecule has 2 heterocycles. The van der Waals surface area contributed by atoms with Crippen LogP contribution < -0.4 is 5.73 Å². The van der Waals surface area contributed by atoms with Crippen molar-refractivity contribution in [3.8, 4) is 10.8 Å². The fraction of sp³-hybridized carbons (Fsp3) is 0.400. The van der Waals surface area contributed by atoms with Crippen LogP contribution in [0.3, 0.4) is 0 Å². The van der Waals surface area contributed by atoms with Gasteiger partial charge in [0.2, 0.25) is 0 Å². The van der Waals surface area contributed by atoms with Gasteiger partial charge in [-0.3, -0.25) is 0 Å². The zero-order chi connectivity index (χ0) is 10.3.